The number of carbonyl (C=O) groups is 2. The van der Waals surface area contributed by atoms with Crippen molar-refractivity contribution in [1.29, 1.82) is 0 Å². The van der Waals surface area contributed by atoms with Crippen LogP contribution in [0.4, 0.5) is 0 Å². The van der Waals surface area contributed by atoms with E-state index in [1.807, 2.05) is 18.7 Å². The Labute approximate surface area is 142 Å². The fourth-order valence-corrected chi connectivity index (χ4v) is 3.57. The highest BCUT2D eigenvalue weighted by Gasteiger charge is 2.35. The van der Waals surface area contributed by atoms with Crippen molar-refractivity contribution in [2.45, 2.75) is 39.3 Å². The first-order chi connectivity index (χ1) is 11.5. The molecule has 130 valence electrons. The Morgan fingerprint density at radius 3 is 2.67 bits per heavy atom. The van der Waals surface area contributed by atoms with Crippen LogP contribution < -0.4 is 0 Å². The van der Waals surface area contributed by atoms with E-state index < -0.39 is 0 Å². The standard InChI is InChI=1S/C17H25N5O2/c1-12-13(2)22(9-6-15(23)21-7-4-5-8-21)16(20(3)17(12)24)14-10-18-19-11-14/h10-11,16H,4-9H2,1-3H3,(H,18,19). The van der Waals surface area contributed by atoms with E-state index in [1.165, 1.54) is 0 Å². The molecule has 1 N–H and O–H groups in total. The minimum Gasteiger partial charge on any atom is -0.350 e. The Hall–Kier alpha value is -2.31. The number of likely N-dealkylation sites (N-methyl/N-ethyl adjacent to an activating group) is 1. The molecule has 0 radical (unpaired) electrons. The molecule has 0 saturated carbocycles. The maximum atomic E-state index is 12.5. The lowest BCUT2D eigenvalue weighted by Crippen LogP contribution is -2.47. The molecule has 7 heteroatoms. The van der Waals surface area contributed by atoms with E-state index in [4.69, 9.17) is 0 Å². The van der Waals surface area contributed by atoms with Crippen molar-refractivity contribution in [2.75, 3.05) is 26.7 Å². The molecule has 2 amide bonds. The summed E-state index contributed by atoms with van der Waals surface area (Å²) in [6.45, 7) is 6.13. The third-order valence-electron chi connectivity index (χ3n) is 5.12. The molecule has 0 spiro atoms. The number of allylic oxidation sites excluding steroid dienone is 1. The maximum Gasteiger partial charge on any atom is 0.252 e. The number of nitrogens with one attached hydrogen (secondary N) is 1. The first-order valence-electron chi connectivity index (χ1n) is 8.48. The highest BCUT2D eigenvalue weighted by atomic mass is 16.2. The number of hydrogen-bond donors (Lipinski definition) is 1. The van der Waals surface area contributed by atoms with Gasteiger partial charge in [0.2, 0.25) is 5.91 Å². The van der Waals surface area contributed by atoms with Gasteiger partial charge in [-0.1, -0.05) is 0 Å². The average Bonchev–Trinajstić information content (AvgIpc) is 3.28. The van der Waals surface area contributed by atoms with Crippen LogP contribution in [0.5, 0.6) is 0 Å². The van der Waals surface area contributed by atoms with E-state index in [1.54, 1.807) is 24.3 Å². The van der Waals surface area contributed by atoms with Crippen LogP contribution in [0.3, 0.4) is 0 Å². The van der Waals surface area contributed by atoms with Gasteiger partial charge in [-0.15, -0.1) is 0 Å². The number of likely N-dealkylation sites (tertiary alicyclic amines) is 1. The van der Waals surface area contributed by atoms with Gasteiger partial charge in [0.15, 0.2) is 0 Å². The quantitative estimate of drug-likeness (QED) is 0.907. The van der Waals surface area contributed by atoms with Crippen molar-refractivity contribution < 1.29 is 9.59 Å². The van der Waals surface area contributed by atoms with Gasteiger partial charge in [0.1, 0.15) is 6.17 Å². The van der Waals surface area contributed by atoms with E-state index >= 15 is 0 Å². The lowest BCUT2D eigenvalue weighted by molar-refractivity contribution is -0.134. The van der Waals surface area contributed by atoms with Gasteiger partial charge in [0.05, 0.1) is 6.20 Å². The summed E-state index contributed by atoms with van der Waals surface area (Å²) < 4.78 is 0. The van der Waals surface area contributed by atoms with Crippen LogP contribution in [0.15, 0.2) is 23.7 Å². The van der Waals surface area contributed by atoms with Crippen molar-refractivity contribution in [3.05, 3.63) is 29.2 Å². The summed E-state index contributed by atoms with van der Waals surface area (Å²) in [5.74, 6) is 0.212. The van der Waals surface area contributed by atoms with Crippen molar-refractivity contribution in [1.82, 2.24) is 24.9 Å². The van der Waals surface area contributed by atoms with Crippen molar-refractivity contribution in [2.24, 2.45) is 0 Å². The molecule has 1 saturated heterocycles. The van der Waals surface area contributed by atoms with Gasteiger partial charge in [0.25, 0.3) is 5.91 Å². The Balaban J connectivity index is 1.81. The smallest absolute Gasteiger partial charge is 0.252 e. The Bertz CT molecular complexity index is 646. The van der Waals surface area contributed by atoms with E-state index in [9.17, 15) is 9.59 Å². The molecule has 2 aliphatic rings. The molecule has 2 aliphatic heterocycles. The van der Waals surface area contributed by atoms with Crippen molar-refractivity contribution >= 4 is 11.8 Å². The average molecular weight is 331 g/mol. The molecule has 0 aromatic carbocycles. The molecule has 1 unspecified atom stereocenters. The lowest BCUT2D eigenvalue weighted by Gasteiger charge is -2.44. The molecular weight excluding hydrogens is 306 g/mol. The highest BCUT2D eigenvalue weighted by molar-refractivity contribution is 5.94. The fourth-order valence-electron chi connectivity index (χ4n) is 3.57. The molecule has 3 heterocycles. The number of aromatic nitrogens is 2. The largest absolute Gasteiger partial charge is 0.350 e. The molecule has 1 aromatic rings. The molecule has 24 heavy (non-hydrogen) atoms. The Morgan fingerprint density at radius 1 is 1.33 bits per heavy atom. The molecule has 7 nitrogen and oxygen atoms in total. The number of hydrogen-bond acceptors (Lipinski definition) is 4. The zero-order valence-corrected chi connectivity index (χ0v) is 14.6. The van der Waals surface area contributed by atoms with Gasteiger partial charge in [-0.05, 0) is 26.7 Å². The SMILES string of the molecule is CC1=C(C)N(CCC(=O)N2CCCC2)C(c2cn[nH]c2)N(C)C1=O. The van der Waals surface area contributed by atoms with E-state index in [-0.39, 0.29) is 18.0 Å². The first kappa shape index (κ1) is 16.5. The van der Waals surface area contributed by atoms with E-state index in [2.05, 4.69) is 15.1 Å². The second-order valence-electron chi connectivity index (χ2n) is 6.56. The minimum atomic E-state index is -0.230. The molecular formula is C17H25N5O2. The van der Waals surface area contributed by atoms with Gasteiger partial charge < -0.3 is 14.7 Å². The van der Waals surface area contributed by atoms with Crippen molar-refractivity contribution in [3.8, 4) is 0 Å². The summed E-state index contributed by atoms with van der Waals surface area (Å²) in [7, 11) is 1.80. The second-order valence-corrected chi connectivity index (χ2v) is 6.56. The van der Waals surface area contributed by atoms with E-state index in [0.717, 1.165) is 42.8 Å². The summed E-state index contributed by atoms with van der Waals surface area (Å²) in [5, 5.41) is 6.83. The lowest BCUT2D eigenvalue weighted by atomic mass is 10.1. The van der Waals surface area contributed by atoms with Gasteiger partial charge in [-0.25, -0.2) is 0 Å². The second kappa shape index (κ2) is 6.67. The molecule has 0 aliphatic carbocycles. The summed E-state index contributed by atoms with van der Waals surface area (Å²) in [6.07, 6.45) is 5.97. The highest BCUT2D eigenvalue weighted by Crippen LogP contribution is 2.33. The number of aromatic amines is 1. The van der Waals surface area contributed by atoms with Crippen LogP contribution in [0.1, 0.15) is 44.8 Å². The maximum absolute atomic E-state index is 12.5. The van der Waals surface area contributed by atoms with Gasteiger partial charge in [-0.3, -0.25) is 14.7 Å². The minimum absolute atomic E-state index is 0.0146. The van der Waals surface area contributed by atoms with Crippen LogP contribution in [-0.2, 0) is 9.59 Å². The molecule has 0 bridgehead atoms. The predicted octanol–water partition coefficient (Wildman–Crippen LogP) is 1.49. The van der Waals surface area contributed by atoms with Crippen LogP contribution in [0.2, 0.25) is 0 Å². The summed E-state index contributed by atoms with van der Waals surface area (Å²) in [6, 6.07) is 0. The van der Waals surface area contributed by atoms with Crippen LogP contribution in [0, 0.1) is 0 Å². The fraction of sp³-hybridized carbons (Fsp3) is 0.588. The predicted molar refractivity (Wildman–Crippen MR) is 89.6 cm³/mol. The van der Waals surface area contributed by atoms with Crippen molar-refractivity contribution in [3.63, 3.8) is 0 Å². The molecule has 1 aromatic heterocycles. The van der Waals surface area contributed by atoms with Crippen LogP contribution >= 0.6 is 0 Å². The third kappa shape index (κ3) is 2.90. The van der Waals surface area contributed by atoms with Gasteiger partial charge in [-0.2, -0.15) is 5.10 Å². The number of nitrogens with zero attached hydrogens (tertiary/aromatic N) is 4. The monoisotopic (exact) mass is 331 g/mol. The summed E-state index contributed by atoms with van der Waals surface area (Å²) in [5.41, 5.74) is 2.58. The van der Waals surface area contributed by atoms with Gasteiger partial charge in [0, 0.05) is 56.1 Å². The zero-order chi connectivity index (χ0) is 17.3. The van der Waals surface area contributed by atoms with Gasteiger partial charge >= 0.3 is 0 Å². The molecule has 1 fully saturated rings. The Morgan fingerprint density at radius 2 is 2.04 bits per heavy atom. The summed E-state index contributed by atoms with van der Waals surface area (Å²) >= 11 is 0. The Kier molecular flexibility index (Phi) is 4.59. The topological polar surface area (TPSA) is 72.5 Å². The number of H-pyrrole nitrogens is 1. The van der Waals surface area contributed by atoms with Crippen LogP contribution in [0.25, 0.3) is 0 Å². The zero-order valence-electron chi connectivity index (χ0n) is 14.6. The van der Waals surface area contributed by atoms with Crippen LogP contribution in [-0.4, -0.2) is 63.4 Å². The molecule has 1 atom stereocenters. The number of carbonyl (C=O) groups excluding carboxylic acids is 2. The number of rotatable bonds is 4. The summed E-state index contributed by atoms with van der Waals surface area (Å²) in [4.78, 5) is 30.7. The normalized spacial score (nSPS) is 21.9. The molecule has 3 rings (SSSR count). The first-order valence-corrected chi connectivity index (χ1v) is 8.48. The number of amides is 2. The third-order valence-corrected chi connectivity index (χ3v) is 5.12. The van der Waals surface area contributed by atoms with E-state index in [0.29, 0.717) is 13.0 Å².